The van der Waals surface area contributed by atoms with Gasteiger partial charge in [0, 0.05) is 31.1 Å². The third-order valence-electron chi connectivity index (χ3n) is 4.78. The van der Waals surface area contributed by atoms with Crippen LogP contribution in [0.25, 0.3) is 0 Å². The Labute approximate surface area is 176 Å². The number of hydrogen-bond donors (Lipinski definition) is 0. The molecule has 10 heteroatoms. The molecule has 0 aliphatic carbocycles. The summed E-state index contributed by atoms with van der Waals surface area (Å²) in [6, 6.07) is 10.1. The van der Waals surface area contributed by atoms with Gasteiger partial charge in [0.15, 0.2) is 0 Å². The number of nitro benzene ring substituents is 1. The van der Waals surface area contributed by atoms with E-state index in [9.17, 15) is 24.1 Å². The number of ether oxygens (including phenoxy) is 1. The van der Waals surface area contributed by atoms with Crippen molar-refractivity contribution in [3.05, 3.63) is 63.4 Å². The number of benzene rings is 2. The topological polar surface area (TPSA) is 93.0 Å². The molecule has 0 N–H and O–H groups in total. The van der Waals surface area contributed by atoms with Gasteiger partial charge in [-0.05, 0) is 30.3 Å². The molecule has 1 heterocycles. The van der Waals surface area contributed by atoms with E-state index in [-0.39, 0.29) is 37.1 Å². The first-order chi connectivity index (χ1) is 14.3. The molecule has 0 spiro atoms. The fraction of sp³-hybridized carbons (Fsp3) is 0.300. The Morgan fingerprint density at radius 2 is 2.13 bits per heavy atom. The normalized spacial score (nSPS) is 15.9. The van der Waals surface area contributed by atoms with Gasteiger partial charge in [0.25, 0.3) is 0 Å². The maximum atomic E-state index is 13.6. The molecule has 1 saturated heterocycles. The lowest BCUT2D eigenvalue weighted by molar-refractivity contribution is -0.387. The van der Waals surface area contributed by atoms with Crippen molar-refractivity contribution < 1.29 is 23.6 Å². The monoisotopic (exact) mass is 435 g/mol. The Kier molecular flexibility index (Phi) is 6.51. The van der Waals surface area contributed by atoms with Crippen LogP contribution in [0.1, 0.15) is 6.42 Å². The van der Waals surface area contributed by atoms with Crippen LogP contribution < -0.4 is 9.64 Å². The van der Waals surface area contributed by atoms with E-state index in [0.29, 0.717) is 17.3 Å². The second kappa shape index (κ2) is 9.08. The second-order valence-corrected chi connectivity index (χ2v) is 7.30. The van der Waals surface area contributed by atoms with Gasteiger partial charge in [0.2, 0.25) is 17.6 Å². The van der Waals surface area contributed by atoms with Crippen LogP contribution in [0.15, 0.2) is 42.5 Å². The summed E-state index contributed by atoms with van der Waals surface area (Å²) in [5.74, 6) is -1.58. The third kappa shape index (κ3) is 4.85. The fourth-order valence-electron chi connectivity index (χ4n) is 3.21. The van der Waals surface area contributed by atoms with Crippen molar-refractivity contribution in [2.24, 2.45) is 5.92 Å². The lowest BCUT2D eigenvalue weighted by Crippen LogP contribution is -2.37. The number of carbonyl (C=O) groups excluding carboxylic acids is 2. The van der Waals surface area contributed by atoms with Gasteiger partial charge in [-0.1, -0.05) is 17.7 Å². The largest absolute Gasteiger partial charge is 0.492 e. The number of rotatable bonds is 7. The van der Waals surface area contributed by atoms with Crippen LogP contribution in [0.4, 0.5) is 15.8 Å². The molecule has 1 unspecified atom stereocenters. The first-order valence-corrected chi connectivity index (χ1v) is 9.51. The number of likely N-dealkylation sites (N-methyl/N-ethyl adjacent to an activating group) is 1. The Morgan fingerprint density at radius 3 is 2.83 bits per heavy atom. The van der Waals surface area contributed by atoms with Crippen LogP contribution in [0.5, 0.6) is 5.75 Å². The predicted octanol–water partition coefficient (Wildman–Crippen LogP) is 3.28. The molecule has 158 valence electrons. The van der Waals surface area contributed by atoms with E-state index >= 15 is 0 Å². The van der Waals surface area contributed by atoms with E-state index in [4.69, 9.17) is 16.3 Å². The Bertz CT molecular complexity index is 987. The molecule has 1 fully saturated rings. The molecule has 0 radical (unpaired) electrons. The SMILES string of the molecule is CN(CCOc1cccc(Cl)c1)C(=O)C1CC(=O)N(c2ccc(F)c([N+](=O)[O-])c2)C1. The zero-order chi connectivity index (χ0) is 21.8. The number of halogens is 2. The van der Waals surface area contributed by atoms with Crippen molar-refractivity contribution in [1.82, 2.24) is 4.90 Å². The molecular weight excluding hydrogens is 417 g/mol. The quantitative estimate of drug-likeness (QED) is 0.491. The molecule has 2 aromatic rings. The number of amides is 2. The molecule has 8 nitrogen and oxygen atoms in total. The van der Waals surface area contributed by atoms with Crippen molar-refractivity contribution >= 4 is 34.8 Å². The van der Waals surface area contributed by atoms with Crippen LogP contribution in [-0.4, -0.2) is 48.4 Å². The summed E-state index contributed by atoms with van der Waals surface area (Å²) < 4.78 is 19.1. The highest BCUT2D eigenvalue weighted by Crippen LogP contribution is 2.30. The van der Waals surface area contributed by atoms with Gasteiger partial charge < -0.3 is 14.5 Å². The van der Waals surface area contributed by atoms with E-state index in [1.807, 2.05) is 0 Å². The second-order valence-electron chi connectivity index (χ2n) is 6.86. The van der Waals surface area contributed by atoms with E-state index in [1.165, 1.54) is 15.9 Å². The molecule has 1 atom stereocenters. The summed E-state index contributed by atoms with van der Waals surface area (Å²) >= 11 is 5.90. The smallest absolute Gasteiger partial charge is 0.306 e. The minimum Gasteiger partial charge on any atom is -0.492 e. The predicted molar refractivity (Wildman–Crippen MR) is 108 cm³/mol. The summed E-state index contributed by atoms with van der Waals surface area (Å²) in [6.07, 6.45) is -0.0243. The Morgan fingerprint density at radius 1 is 1.37 bits per heavy atom. The van der Waals surface area contributed by atoms with Crippen LogP contribution in [-0.2, 0) is 9.59 Å². The van der Waals surface area contributed by atoms with Gasteiger partial charge in [-0.15, -0.1) is 0 Å². The average molecular weight is 436 g/mol. The van der Waals surface area contributed by atoms with Gasteiger partial charge >= 0.3 is 5.69 Å². The summed E-state index contributed by atoms with van der Waals surface area (Å²) in [5, 5.41) is 11.5. The molecule has 2 aromatic carbocycles. The van der Waals surface area contributed by atoms with Crippen LogP contribution in [0, 0.1) is 21.8 Å². The maximum Gasteiger partial charge on any atom is 0.306 e. The fourth-order valence-corrected chi connectivity index (χ4v) is 3.39. The molecule has 3 rings (SSSR count). The molecule has 1 aliphatic heterocycles. The lowest BCUT2D eigenvalue weighted by Gasteiger charge is -2.21. The number of anilines is 1. The van der Waals surface area contributed by atoms with Crippen LogP contribution in [0.2, 0.25) is 5.02 Å². The van der Waals surface area contributed by atoms with Crippen molar-refractivity contribution in [2.75, 3.05) is 31.6 Å². The standard InChI is InChI=1S/C20H19ClFN3O5/c1-23(7-8-30-16-4-2-3-14(21)10-16)20(27)13-9-19(26)24(12-13)15-5-6-17(22)18(11-15)25(28)29/h2-6,10-11,13H,7-9,12H2,1H3. The van der Waals surface area contributed by atoms with Crippen molar-refractivity contribution in [2.45, 2.75) is 6.42 Å². The first-order valence-electron chi connectivity index (χ1n) is 9.14. The maximum absolute atomic E-state index is 13.6. The van der Waals surface area contributed by atoms with E-state index in [1.54, 1.807) is 31.3 Å². The zero-order valence-electron chi connectivity index (χ0n) is 16.1. The molecule has 2 amide bonds. The zero-order valence-corrected chi connectivity index (χ0v) is 16.8. The van der Waals surface area contributed by atoms with Crippen molar-refractivity contribution in [3.8, 4) is 5.75 Å². The Balaban J connectivity index is 1.59. The van der Waals surface area contributed by atoms with E-state index in [0.717, 1.165) is 12.1 Å². The molecule has 1 aliphatic rings. The number of nitrogens with zero attached hydrogens (tertiary/aromatic N) is 3. The minimum absolute atomic E-state index is 0.0243. The number of nitro groups is 1. The van der Waals surface area contributed by atoms with E-state index < -0.39 is 22.3 Å². The van der Waals surface area contributed by atoms with Crippen LogP contribution >= 0.6 is 11.6 Å². The molecule has 0 saturated carbocycles. The summed E-state index contributed by atoms with van der Waals surface area (Å²) in [7, 11) is 1.61. The van der Waals surface area contributed by atoms with Crippen molar-refractivity contribution in [3.63, 3.8) is 0 Å². The summed E-state index contributed by atoms with van der Waals surface area (Å²) in [6.45, 7) is 0.620. The summed E-state index contributed by atoms with van der Waals surface area (Å²) in [4.78, 5) is 37.9. The molecular formula is C20H19ClFN3O5. The molecule has 0 bridgehead atoms. The minimum atomic E-state index is -0.984. The molecule has 0 aromatic heterocycles. The highest BCUT2D eigenvalue weighted by Gasteiger charge is 2.37. The van der Waals surface area contributed by atoms with E-state index in [2.05, 4.69) is 0 Å². The van der Waals surface area contributed by atoms with Gasteiger partial charge in [-0.3, -0.25) is 19.7 Å². The highest BCUT2D eigenvalue weighted by atomic mass is 35.5. The Hall–Kier alpha value is -3.20. The third-order valence-corrected chi connectivity index (χ3v) is 5.02. The van der Waals surface area contributed by atoms with Gasteiger partial charge in [0.05, 0.1) is 23.1 Å². The van der Waals surface area contributed by atoms with Gasteiger partial charge in [-0.2, -0.15) is 4.39 Å². The molecule has 30 heavy (non-hydrogen) atoms. The van der Waals surface area contributed by atoms with Gasteiger partial charge in [0.1, 0.15) is 12.4 Å². The van der Waals surface area contributed by atoms with Gasteiger partial charge in [-0.25, -0.2) is 0 Å². The summed E-state index contributed by atoms with van der Waals surface area (Å²) in [5.41, 5.74) is -0.527. The number of hydrogen-bond acceptors (Lipinski definition) is 5. The van der Waals surface area contributed by atoms with Crippen LogP contribution in [0.3, 0.4) is 0 Å². The lowest BCUT2D eigenvalue weighted by atomic mass is 10.1. The first kappa shape index (κ1) is 21.5. The van der Waals surface area contributed by atoms with Crippen molar-refractivity contribution in [1.29, 1.82) is 0 Å². The highest BCUT2D eigenvalue weighted by molar-refractivity contribution is 6.30. The number of carbonyl (C=O) groups is 2. The average Bonchev–Trinajstić information content (AvgIpc) is 3.09.